The van der Waals surface area contributed by atoms with Crippen molar-refractivity contribution in [3.8, 4) is 0 Å². The second-order valence-electron chi connectivity index (χ2n) is 4.08. The van der Waals surface area contributed by atoms with Crippen LogP contribution < -0.4 is 11.3 Å². The monoisotopic (exact) mass is 228 g/mol. The molecular formula is C12H18F2N2. The van der Waals surface area contributed by atoms with Gasteiger partial charge in [-0.1, -0.05) is 26.3 Å². The second-order valence-corrected chi connectivity index (χ2v) is 4.08. The molecule has 1 aromatic carbocycles. The molecule has 0 amide bonds. The highest BCUT2D eigenvalue weighted by Gasteiger charge is 2.18. The SMILES string of the molecule is CCCC(C)C(NN)c1ccc(F)c(F)c1. The fraction of sp³-hybridized carbons (Fsp3) is 0.500. The Hall–Kier alpha value is -1.00. The fourth-order valence-electron chi connectivity index (χ4n) is 1.92. The van der Waals surface area contributed by atoms with E-state index >= 15 is 0 Å². The van der Waals surface area contributed by atoms with E-state index in [1.807, 2.05) is 6.92 Å². The molecule has 2 atom stereocenters. The Kier molecular flexibility index (Phi) is 4.83. The first kappa shape index (κ1) is 13.1. The summed E-state index contributed by atoms with van der Waals surface area (Å²) in [5, 5.41) is 0. The molecule has 4 heteroatoms. The quantitative estimate of drug-likeness (QED) is 0.600. The van der Waals surface area contributed by atoms with Crippen molar-refractivity contribution in [2.24, 2.45) is 11.8 Å². The summed E-state index contributed by atoms with van der Waals surface area (Å²) in [7, 11) is 0. The predicted molar refractivity (Wildman–Crippen MR) is 60.5 cm³/mol. The minimum atomic E-state index is -0.832. The third-order valence-corrected chi connectivity index (χ3v) is 2.80. The van der Waals surface area contributed by atoms with Crippen LogP contribution >= 0.6 is 0 Å². The third-order valence-electron chi connectivity index (χ3n) is 2.80. The number of hydrogen-bond acceptors (Lipinski definition) is 2. The smallest absolute Gasteiger partial charge is 0.159 e. The van der Waals surface area contributed by atoms with Gasteiger partial charge in [0.2, 0.25) is 0 Å². The van der Waals surface area contributed by atoms with Crippen LogP contribution in [-0.4, -0.2) is 0 Å². The van der Waals surface area contributed by atoms with Crippen molar-refractivity contribution in [1.82, 2.24) is 5.43 Å². The topological polar surface area (TPSA) is 38.0 Å². The van der Waals surface area contributed by atoms with Crippen molar-refractivity contribution in [3.05, 3.63) is 35.4 Å². The van der Waals surface area contributed by atoms with Gasteiger partial charge < -0.3 is 0 Å². The Morgan fingerprint density at radius 1 is 1.31 bits per heavy atom. The van der Waals surface area contributed by atoms with Crippen molar-refractivity contribution in [2.45, 2.75) is 32.7 Å². The van der Waals surface area contributed by atoms with Gasteiger partial charge in [0, 0.05) is 6.04 Å². The molecule has 16 heavy (non-hydrogen) atoms. The summed E-state index contributed by atoms with van der Waals surface area (Å²) in [6.07, 6.45) is 2.01. The van der Waals surface area contributed by atoms with Gasteiger partial charge >= 0.3 is 0 Å². The van der Waals surface area contributed by atoms with E-state index in [0.717, 1.165) is 18.9 Å². The number of rotatable bonds is 5. The van der Waals surface area contributed by atoms with Crippen molar-refractivity contribution in [3.63, 3.8) is 0 Å². The van der Waals surface area contributed by atoms with Crippen molar-refractivity contribution < 1.29 is 8.78 Å². The van der Waals surface area contributed by atoms with Crippen LogP contribution in [0.25, 0.3) is 0 Å². The fourth-order valence-corrected chi connectivity index (χ4v) is 1.92. The summed E-state index contributed by atoms with van der Waals surface area (Å²) in [6, 6.07) is 3.75. The standard InChI is InChI=1S/C12H18F2N2/c1-3-4-8(2)12(16-15)9-5-6-10(13)11(14)7-9/h5-8,12,16H,3-4,15H2,1-2H3. The van der Waals surface area contributed by atoms with Crippen LogP contribution in [0.2, 0.25) is 0 Å². The minimum Gasteiger partial charge on any atom is -0.271 e. The molecule has 2 nitrogen and oxygen atoms in total. The highest BCUT2D eigenvalue weighted by Crippen LogP contribution is 2.25. The average Bonchev–Trinajstić information content (AvgIpc) is 2.25. The molecule has 2 unspecified atom stereocenters. The Morgan fingerprint density at radius 3 is 2.50 bits per heavy atom. The van der Waals surface area contributed by atoms with Gasteiger partial charge in [-0.15, -0.1) is 0 Å². The molecule has 1 aromatic rings. The maximum Gasteiger partial charge on any atom is 0.159 e. The number of hydrogen-bond donors (Lipinski definition) is 2. The van der Waals surface area contributed by atoms with E-state index in [0.29, 0.717) is 5.56 Å². The molecule has 0 saturated heterocycles. The van der Waals surface area contributed by atoms with Gasteiger partial charge in [0.05, 0.1) is 0 Å². The Labute approximate surface area is 94.8 Å². The number of benzene rings is 1. The molecule has 0 spiro atoms. The van der Waals surface area contributed by atoms with Crippen LogP contribution in [0.3, 0.4) is 0 Å². The summed E-state index contributed by atoms with van der Waals surface area (Å²) in [5.74, 6) is 4.07. The van der Waals surface area contributed by atoms with Gasteiger partial charge in [-0.3, -0.25) is 11.3 Å². The first-order valence-electron chi connectivity index (χ1n) is 5.51. The predicted octanol–water partition coefficient (Wildman–Crippen LogP) is 2.91. The van der Waals surface area contributed by atoms with Crippen molar-refractivity contribution in [1.29, 1.82) is 0 Å². The highest BCUT2D eigenvalue weighted by atomic mass is 19.2. The molecule has 3 N–H and O–H groups in total. The first-order valence-corrected chi connectivity index (χ1v) is 5.51. The summed E-state index contributed by atoms with van der Waals surface area (Å²) in [6.45, 7) is 4.12. The molecule has 0 aliphatic rings. The van der Waals surface area contributed by atoms with Crippen LogP contribution in [0.5, 0.6) is 0 Å². The molecule has 0 aliphatic carbocycles. The summed E-state index contributed by atoms with van der Waals surface area (Å²) in [4.78, 5) is 0. The van der Waals surface area contributed by atoms with Gasteiger partial charge in [0.1, 0.15) is 0 Å². The molecule has 0 saturated carbocycles. The molecule has 0 radical (unpaired) electrons. The van der Waals surface area contributed by atoms with Crippen LogP contribution in [0, 0.1) is 17.6 Å². The lowest BCUT2D eigenvalue weighted by Gasteiger charge is -2.23. The number of nitrogens with one attached hydrogen (secondary N) is 1. The van der Waals surface area contributed by atoms with E-state index in [-0.39, 0.29) is 12.0 Å². The molecule has 0 aliphatic heterocycles. The van der Waals surface area contributed by atoms with Crippen molar-refractivity contribution >= 4 is 0 Å². The Bertz CT molecular complexity index is 342. The molecule has 1 rings (SSSR count). The molecule has 0 heterocycles. The summed E-state index contributed by atoms with van der Waals surface area (Å²) >= 11 is 0. The lowest BCUT2D eigenvalue weighted by atomic mass is 9.91. The van der Waals surface area contributed by atoms with Gasteiger partial charge in [0.15, 0.2) is 11.6 Å². The number of halogens is 2. The Balaban J connectivity index is 2.90. The largest absolute Gasteiger partial charge is 0.271 e. The molecule has 0 bridgehead atoms. The molecule has 90 valence electrons. The van der Waals surface area contributed by atoms with Gasteiger partial charge in [-0.25, -0.2) is 8.78 Å². The minimum absolute atomic E-state index is 0.143. The zero-order valence-corrected chi connectivity index (χ0v) is 9.63. The van der Waals surface area contributed by atoms with E-state index in [4.69, 9.17) is 5.84 Å². The average molecular weight is 228 g/mol. The van der Waals surface area contributed by atoms with Crippen LogP contribution in [0.15, 0.2) is 18.2 Å². The van der Waals surface area contributed by atoms with Gasteiger partial charge in [0.25, 0.3) is 0 Å². The lowest BCUT2D eigenvalue weighted by Crippen LogP contribution is -2.32. The molecule has 0 fully saturated rings. The van der Waals surface area contributed by atoms with Crippen LogP contribution in [0.4, 0.5) is 8.78 Å². The number of hydrazine groups is 1. The van der Waals surface area contributed by atoms with E-state index < -0.39 is 11.6 Å². The zero-order chi connectivity index (χ0) is 12.1. The van der Waals surface area contributed by atoms with Crippen LogP contribution in [-0.2, 0) is 0 Å². The van der Waals surface area contributed by atoms with Crippen LogP contribution in [0.1, 0.15) is 38.3 Å². The normalized spacial score (nSPS) is 14.8. The highest BCUT2D eigenvalue weighted by molar-refractivity contribution is 5.21. The van der Waals surface area contributed by atoms with E-state index in [1.165, 1.54) is 6.07 Å². The summed E-state index contributed by atoms with van der Waals surface area (Å²) < 4.78 is 25.9. The third kappa shape index (κ3) is 3.00. The van der Waals surface area contributed by atoms with E-state index in [9.17, 15) is 8.78 Å². The number of nitrogens with two attached hydrogens (primary N) is 1. The molecular weight excluding hydrogens is 210 g/mol. The lowest BCUT2D eigenvalue weighted by molar-refractivity contribution is 0.366. The maximum absolute atomic E-state index is 13.1. The Morgan fingerprint density at radius 2 is 2.00 bits per heavy atom. The summed E-state index contributed by atoms with van der Waals surface area (Å²) in [5.41, 5.74) is 3.34. The van der Waals surface area contributed by atoms with Crippen molar-refractivity contribution in [2.75, 3.05) is 0 Å². The van der Waals surface area contributed by atoms with E-state index in [2.05, 4.69) is 12.3 Å². The maximum atomic E-state index is 13.1. The first-order chi connectivity index (χ1) is 7.60. The van der Waals surface area contributed by atoms with Gasteiger partial charge in [-0.2, -0.15) is 0 Å². The van der Waals surface area contributed by atoms with E-state index in [1.54, 1.807) is 6.07 Å². The second kappa shape index (κ2) is 5.92. The zero-order valence-electron chi connectivity index (χ0n) is 9.63. The van der Waals surface area contributed by atoms with Gasteiger partial charge in [-0.05, 0) is 30.0 Å². The molecule has 0 aromatic heterocycles.